The van der Waals surface area contributed by atoms with Crippen molar-refractivity contribution in [3.8, 4) is 0 Å². The molecule has 7 heteroatoms. The topological polar surface area (TPSA) is 78.5 Å². The Labute approximate surface area is 96.4 Å². The second-order valence-corrected chi connectivity index (χ2v) is 6.22. The van der Waals surface area contributed by atoms with Crippen molar-refractivity contribution in [1.29, 1.82) is 0 Å². The van der Waals surface area contributed by atoms with Gasteiger partial charge in [-0.25, -0.2) is 12.7 Å². The van der Waals surface area contributed by atoms with Gasteiger partial charge in [0.25, 0.3) is 0 Å². The number of carbonyl (C=O) groups is 1. The number of nitrogens with zero attached hydrogens (tertiary/aromatic N) is 1. The Morgan fingerprint density at radius 2 is 2.25 bits per heavy atom. The van der Waals surface area contributed by atoms with E-state index in [1.54, 1.807) is 0 Å². The van der Waals surface area contributed by atoms with Crippen molar-refractivity contribution in [3.05, 3.63) is 0 Å². The molecule has 1 amide bonds. The SMILES string of the molecule is CNC(=O)CCN(C)S(=O)(=O)C1CCNC1. The van der Waals surface area contributed by atoms with Gasteiger partial charge in [0.1, 0.15) is 0 Å². The summed E-state index contributed by atoms with van der Waals surface area (Å²) in [6.07, 6.45) is 0.846. The molecule has 94 valence electrons. The lowest BCUT2D eigenvalue weighted by Crippen LogP contribution is -2.39. The number of amides is 1. The van der Waals surface area contributed by atoms with E-state index in [4.69, 9.17) is 0 Å². The van der Waals surface area contributed by atoms with Gasteiger partial charge in [-0.15, -0.1) is 0 Å². The minimum atomic E-state index is -3.25. The third-order valence-corrected chi connectivity index (χ3v) is 5.10. The van der Waals surface area contributed by atoms with Gasteiger partial charge in [-0.1, -0.05) is 0 Å². The molecule has 16 heavy (non-hydrogen) atoms. The van der Waals surface area contributed by atoms with Crippen molar-refractivity contribution < 1.29 is 13.2 Å². The average molecular weight is 249 g/mol. The smallest absolute Gasteiger partial charge is 0.221 e. The van der Waals surface area contributed by atoms with Crippen LogP contribution >= 0.6 is 0 Å². The summed E-state index contributed by atoms with van der Waals surface area (Å²) >= 11 is 0. The third kappa shape index (κ3) is 3.16. The molecule has 1 atom stereocenters. The number of hydrogen-bond acceptors (Lipinski definition) is 4. The van der Waals surface area contributed by atoms with Crippen molar-refractivity contribution in [1.82, 2.24) is 14.9 Å². The summed E-state index contributed by atoms with van der Waals surface area (Å²) in [5.74, 6) is -0.147. The molecule has 0 saturated carbocycles. The lowest BCUT2D eigenvalue weighted by molar-refractivity contribution is -0.120. The molecule has 1 aliphatic heterocycles. The second kappa shape index (κ2) is 5.60. The van der Waals surface area contributed by atoms with Crippen molar-refractivity contribution in [2.24, 2.45) is 0 Å². The maximum absolute atomic E-state index is 12.0. The second-order valence-electron chi connectivity index (χ2n) is 3.90. The summed E-state index contributed by atoms with van der Waals surface area (Å²) in [6, 6.07) is 0. The molecule has 1 unspecified atom stereocenters. The van der Waals surface area contributed by atoms with E-state index < -0.39 is 10.0 Å². The summed E-state index contributed by atoms with van der Waals surface area (Å²) in [7, 11) is -0.188. The summed E-state index contributed by atoms with van der Waals surface area (Å²) in [4.78, 5) is 11.0. The highest BCUT2D eigenvalue weighted by molar-refractivity contribution is 7.89. The van der Waals surface area contributed by atoms with Gasteiger partial charge in [0.15, 0.2) is 0 Å². The Morgan fingerprint density at radius 1 is 1.56 bits per heavy atom. The summed E-state index contributed by atoms with van der Waals surface area (Å²) in [5, 5.41) is 5.15. The van der Waals surface area contributed by atoms with Crippen molar-refractivity contribution in [2.45, 2.75) is 18.1 Å². The molecule has 0 aromatic carbocycles. The summed E-state index contributed by atoms with van der Waals surface area (Å²) < 4.78 is 25.3. The first kappa shape index (κ1) is 13.4. The molecule has 0 aromatic heterocycles. The molecule has 1 saturated heterocycles. The predicted octanol–water partition coefficient (Wildman–Crippen LogP) is -1.25. The Balaban J connectivity index is 2.51. The quantitative estimate of drug-likeness (QED) is 0.638. The summed E-state index contributed by atoms with van der Waals surface area (Å²) in [5.41, 5.74) is 0. The molecule has 0 aliphatic carbocycles. The molecule has 2 N–H and O–H groups in total. The van der Waals surface area contributed by atoms with Gasteiger partial charge >= 0.3 is 0 Å². The van der Waals surface area contributed by atoms with Gasteiger partial charge in [-0.3, -0.25) is 4.79 Å². The minimum absolute atomic E-state index is 0.147. The van der Waals surface area contributed by atoms with Gasteiger partial charge in [0, 0.05) is 33.6 Å². The molecule has 1 aliphatic rings. The van der Waals surface area contributed by atoms with E-state index in [1.807, 2.05) is 0 Å². The Hall–Kier alpha value is -0.660. The van der Waals surface area contributed by atoms with E-state index in [0.717, 1.165) is 6.54 Å². The molecule has 1 rings (SSSR count). The summed E-state index contributed by atoms with van der Waals surface area (Å²) in [6.45, 7) is 1.48. The van der Waals surface area contributed by atoms with Gasteiger partial charge in [0.2, 0.25) is 15.9 Å². The van der Waals surface area contributed by atoms with E-state index in [1.165, 1.54) is 18.4 Å². The van der Waals surface area contributed by atoms with Crippen LogP contribution in [-0.4, -0.2) is 57.6 Å². The van der Waals surface area contributed by atoms with E-state index >= 15 is 0 Å². The van der Waals surface area contributed by atoms with Crippen LogP contribution in [0.25, 0.3) is 0 Å². The zero-order valence-electron chi connectivity index (χ0n) is 9.69. The zero-order valence-corrected chi connectivity index (χ0v) is 10.5. The van der Waals surface area contributed by atoms with Gasteiger partial charge in [0.05, 0.1) is 5.25 Å². The van der Waals surface area contributed by atoms with E-state index in [9.17, 15) is 13.2 Å². The fraction of sp³-hybridized carbons (Fsp3) is 0.889. The Kier molecular flexibility index (Phi) is 4.69. The van der Waals surface area contributed by atoms with Crippen LogP contribution in [0.15, 0.2) is 0 Å². The standard InChI is InChI=1S/C9H19N3O3S/c1-10-9(13)4-6-12(2)16(14,15)8-3-5-11-7-8/h8,11H,3-7H2,1-2H3,(H,10,13). The lowest BCUT2D eigenvalue weighted by Gasteiger charge is -2.20. The van der Waals surface area contributed by atoms with Crippen LogP contribution in [0.1, 0.15) is 12.8 Å². The molecular formula is C9H19N3O3S. The largest absolute Gasteiger partial charge is 0.359 e. The van der Waals surface area contributed by atoms with Gasteiger partial charge in [-0.2, -0.15) is 0 Å². The Morgan fingerprint density at radius 3 is 2.75 bits per heavy atom. The van der Waals surface area contributed by atoms with E-state index in [2.05, 4.69) is 10.6 Å². The predicted molar refractivity (Wildman–Crippen MR) is 61.5 cm³/mol. The highest BCUT2D eigenvalue weighted by Crippen LogP contribution is 2.13. The highest BCUT2D eigenvalue weighted by Gasteiger charge is 2.31. The fourth-order valence-electron chi connectivity index (χ4n) is 1.65. The number of hydrogen-bond donors (Lipinski definition) is 2. The van der Waals surface area contributed by atoms with Crippen LogP contribution in [0.5, 0.6) is 0 Å². The molecule has 1 heterocycles. The lowest BCUT2D eigenvalue weighted by atomic mass is 10.4. The number of nitrogens with one attached hydrogen (secondary N) is 2. The van der Waals surface area contributed by atoms with Crippen LogP contribution in [0, 0.1) is 0 Å². The number of carbonyl (C=O) groups excluding carboxylic acids is 1. The van der Waals surface area contributed by atoms with Crippen LogP contribution < -0.4 is 10.6 Å². The van der Waals surface area contributed by atoms with E-state index in [0.29, 0.717) is 13.0 Å². The number of rotatable bonds is 5. The highest BCUT2D eigenvalue weighted by atomic mass is 32.2. The maximum Gasteiger partial charge on any atom is 0.221 e. The molecular weight excluding hydrogens is 230 g/mol. The monoisotopic (exact) mass is 249 g/mol. The maximum atomic E-state index is 12.0. The minimum Gasteiger partial charge on any atom is -0.359 e. The zero-order chi connectivity index (χ0) is 12.2. The molecule has 6 nitrogen and oxygen atoms in total. The first-order valence-corrected chi connectivity index (χ1v) is 6.85. The van der Waals surface area contributed by atoms with Gasteiger partial charge < -0.3 is 10.6 Å². The van der Waals surface area contributed by atoms with Crippen molar-refractivity contribution >= 4 is 15.9 Å². The average Bonchev–Trinajstić information content (AvgIpc) is 2.78. The molecule has 0 spiro atoms. The third-order valence-electron chi connectivity index (χ3n) is 2.80. The van der Waals surface area contributed by atoms with E-state index in [-0.39, 0.29) is 24.1 Å². The molecule has 0 radical (unpaired) electrons. The number of sulfonamides is 1. The van der Waals surface area contributed by atoms with Crippen molar-refractivity contribution in [3.63, 3.8) is 0 Å². The molecule has 0 aromatic rings. The van der Waals surface area contributed by atoms with Crippen LogP contribution in [0.3, 0.4) is 0 Å². The molecule has 0 bridgehead atoms. The van der Waals surface area contributed by atoms with Crippen LogP contribution in [0.4, 0.5) is 0 Å². The molecule has 1 fully saturated rings. The fourth-order valence-corrected chi connectivity index (χ4v) is 3.25. The normalized spacial score (nSPS) is 21.3. The van der Waals surface area contributed by atoms with Crippen LogP contribution in [0.2, 0.25) is 0 Å². The first-order chi connectivity index (χ1) is 7.48. The van der Waals surface area contributed by atoms with Crippen LogP contribution in [-0.2, 0) is 14.8 Å². The first-order valence-electron chi connectivity index (χ1n) is 5.35. The van der Waals surface area contributed by atoms with Gasteiger partial charge in [-0.05, 0) is 13.0 Å². The van der Waals surface area contributed by atoms with Crippen molar-refractivity contribution in [2.75, 3.05) is 33.7 Å². The Bertz CT molecular complexity index is 336.